The lowest BCUT2D eigenvalue weighted by molar-refractivity contribution is 0.100. The van der Waals surface area contributed by atoms with Crippen molar-refractivity contribution in [1.82, 2.24) is 0 Å². The molecular formula is C13H14N2OS. The molecule has 0 aliphatic carbocycles. The highest BCUT2D eigenvalue weighted by Crippen LogP contribution is 2.30. The molecule has 0 radical (unpaired) electrons. The Morgan fingerprint density at radius 2 is 2.00 bits per heavy atom. The topological polar surface area (TPSA) is 46.3 Å². The number of nitrogens with two attached hydrogens (primary N) is 1. The van der Waals surface area contributed by atoms with Gasteiger partial charge in [0, 0.05) is 24.7 Å². The summed E-state index contributed by atoms with van der Waals surface area (Å²) < 4.78 is 0. The van der Waals surface area contributed by atoms with Crippen LogP contribution in [-0.4, -0.2) is 20.0 Å². The molecule has 1 amide bonds. The zero-order valence-corrected chi connectivity index (χ0v) is 10.6. The molecule has 0 fully saturated rings. The molecule has 2 N–H and O–H groups in total. The molecule has 1 heterocycles. The minimum absolute atomic E-state index is 0.370. The summed E-state index contributed by atoms with van der Waals surface area (Å²) in [5, 5.41) is 0. The van der Waals surface area contributed by atoms with Gasteiger partial charge in [0.15, 0.2) is 0 Å². The highest BCUT2D eigenvalue weighted by Gasteiger charge is 2.07. The Kier molecular flexibility index (Phi) is 3.15. The van der Waals surface area contributed by atoms with Crippen molar-refractivity contribution in [3.63, 3.8) is 0 Å². The third-order valence-electron chi connectivity index (χ3n) is 2.50. The molecule has 0 aliphatic rings. The Labute approximate surface area is 104 Å². The van der Waals surface area contributed by atoms with Crippen LogP contribution >= 0.6 is 11.3 Å². The van der Waals surface area contributed by atoms with Crippen molar-refractivity contribution in [2.75, 3.05) is 19.0 Å². The standard InChI is InChI=1S/C13H14N2OS/c1-15(2)10-5-3-4-9(8-10)11-6-7-12(17-11)13(14)16/h3-8H,1-2H3,(H2,14,16). The number of carbonyl (C=O) groups excluding carboxylic acids is 1. The minimum Gasteiger partial charge on any atom is -0.378 e. The van der Waals surface area contributed by atoms with E-state index < -0.39 is 0 Å². The number of nitrogens with zero attached hydrogens (tertiary/aromatic N) is 1. The molecule has 0 unspecified atom stereocenters. The summed E-state index contributed by atoms with van der Waals surface area (Å²) in [6, 6.07) is 11.9. The van der Waals surface area contributed by atoms with E-state index in [0.29, 0.717) is 4.88 Å². The van der Waals surface area contributed by atoms with Crippen molar-refractivity contribution in [3.8, 4) is 10.4 Å². The van der Waals surface area contributed by atoms with E-state index in [-0.39, 0.29) is 5.91 Å². The average Bonchev–Trinajstić information content (AvgIpc) is 2.78. The maximum absolute atomic E-state index is 11.0. The molecule has 2 rings (SSSR count). The van der Waals surface area contributed by atoms with Crippen LogP contribution < -0.4 is 10.6 Å². The van der Waals surface area contributed by atoms with Crippen molar-refractivity contribution in [3.05, 3.63) is 41.3 Å². The summed E-state index contributed by atoms with van der Waals surface area (Å²) in [7, 11) is 4.00. The highest BCUT2D eigenvalue weighted by molar-refractivity contribution is 7.17. The number of carbonyl (C=O) groups is 1. The molecule has 0 saturated carbocycles. The van der Waals surface area contributed by atoms with Crippen molar-refractivity contribution in [1.29, 1.82) is 0 Å². The van der Waals surface area contributed by atoms with Crippen LogP contribution in [0.25, 0.3) is 10.4 Å². The van der Waals surface area contributed by atoms with Gasteiger partial charge in [0.1, 0.15) is 0 Å². The van der Waals surface area contributed by atoms with Crippen LogP contribution in [0.2, 0.25) is 0 Å². The van der Waals surface area contributed by atoms with Gasteiger partial charge in [-0.1, -0.05) is 12.1 Å². The molecule has 0 spiro atoms. The number of rotatable bonds is 3. The summed E-state index contributed by atoms with van der Waals surface area (Å²) in [6.07, 6.45) is 0. The molecule has 3 nitrogen and oxygen atoms in total. The van der Waals surface area contributed by atoms with E-state index in [4.69, 9.17) is 5.73 Å². The fraction of sp³-hybridized carbons (Fsp3) is 0.154. The first kappa shape index (κ1) is 11.7. The molecular weight excluding hydrogens is 232 g/mol. The van der Waals surface area contributed by atoms with Crippen molar-refractivity contribution >= 4 is 22.9 Å². The summed E-state index contributed by atoms with van der Waals surface area (Å²) in [6.45, 7) is 0. The van der Waals surface area contributed by atoms with Crippen LogP contribution in [0.5, 0.6) is 0 Å². The summed E-state index contributed by atoms with van der Waals surface area (Å²) in [5.74, 6) is -0.370. The molecule has 17 heavy (non-hydrogen) atoms. The number of benzene rings is 1. The number of hydrogen-bond acceptors (Lipinski definition) is 3. The Balaban J connectivity index is 2.38. The molecule has 4 heteroatoms. The SMILES string of the molecule is CN(C)c1cccc(-c2ccc(C(N)=O)s2)c1. The number of thiophene rings is 1. The second-order valence-corrected chi connectivity index (χ2v) is 5.06. The van der Waals surface area contributed by atoms with Gasteiger partial charge in [0.2, 0.25) is 0 Å². The van der Waals surface area contributed by atoms with Crippen LogP contribution in [0, 0.1) is 0 Å². The first-order chi connectivity index (χ1) is 8.08. The van der Waals surface area contributed by atoms with Gasteiger partial charge in [-0.2, -0.15) is 0 Å². The van der Waals surface area contributed by atoms with Crippen LogP contribution in [0.15, 0.2) is 36.4 Å². The van der Waals surface area contributed by atoms with E-state index in [1.54, 1.807) is 6.07 Å². The first-order valence-electron chi connectivity index (χ1n) is 5.25. The zero-order valence-electron chi connectivity index (χ0n) is 9.81. The van der Waals surface area contributed by atoms with Crippen molar-refractivity contribution in [2.45, 2.75) is 0 Å². The summed E-state index contributed by atoms with van der Waals surface area (Å²) >= 11 is 1.42. The van der Waals surface area contributed by atoms with E-state index in [0.717, 1.165) is 16.1 Å². The molecule has 1 aromatic carbocycles. The van der Waals surface area contributed by atoms with E-state index in [9.17, 15) is 4.79 Å². The second kappa shape index (κ2) is 4.59. The smallest absolute Gasteiger partial charge is 0.258 e. The Morgan fingerprint density at radius 1 is 1.24 bits per heavy atom. The quantitative estimate of drug-likeness (QED) is 0.904. The maximum atomic E-state index is 11.0. The molecule has 88 valence electrons. The van der Waals surface area contributed by atoms with Crippen LogP contribution in [0.1, 0.15) is 9.67 Å². The minimum atomic E-state index is -0.370. The van der Waals surface area contributed by atoms with Crippen LogP contribution in [-0.2, 0) is 0 Å². The van der Waals surface area contributed by atoms with Gasteiger partial charge < -0.3 is 10.6 Å². The van der Waals surface area contributed by atoms with Crippen LogP contribution in [0.3, 0.4) is 0 Å². The van der Waals surface area contributed by atoms with E-state index in [1.807, 2.05) is 43.3 Å². The lowest BCUT2D eigenvalue weighted by Gasteiger charge is -2.12. The van der Waals surface area contributed by atoms with E-state index in [2.05, 4.69) is 6.07 Å². The van der Waals surface area contributed by atoms with Gasteiger partial charge in [-0.3, -0.25) is 4.79 Å². The number of amides is 1. The average molecular weight is 246 g/mol. The number of hydrogen-bond donors (Lipinski definition) is 1. The third kappa shape index (κ3) is 2.47. The van der Waals surface area contributed by atoms with Gasteiger partial charge >= 0.3 is 0 Å². The molecule has 0 bridgehead atoms. The van der Waals surface area contributed by atoms with Crippen molar-refractivity contribution < 1.29 is 4.79 Å². The summed E-state index contributed by atoms with van der Waals surface area (Å²) in [5.41, 5.74) is 7.49. The normalized spacial score (nSPS) is 10.2. The highest BCUT2D eigenvalue weighted by atomic mass is 32.1. The fourth-order valence-electron chi connectivity index (χ4n) is 1.56. The molecule has 2 aromatic rings. The lowest BCUT2D eigenvalue weighted by atomic mass is 10.1. The zero-order chi connectivity index (χ0) is 12.4. The molecule has 0 atom stereocenters. The maximum Gasteiger partial charge on any atom is 0.258 e. The molecule has 0 aliphatic heterocycles. The summed E-state index contributed by atoms with van der Waals surface area (Å²) in [4.78, 5) is 14.7. The van der Waals surface area contributed by atoms with Gasteiger partial charge in [-0.15, -0.1) is 11.3 Å². The second-order valence-electron chi connectivity index (χ2n) is 3.97. The Hall–Kier alpha value is -1.81. The molecule has 0 saturated heterocycles. The van der Waals surface area contributed by atoms with E-state index in [1.165, 1.54) is 11.3 Å². The van der Waals surface area contributed by atoms with Gasteiger partial charge in [0.05, 0.1) is 4.88 Å². The predicted octanol–water partition coefficient (Wildman–Crippen LogP) is 2.58. The monoisotopic (exact) mass is 246 g/mol. The number of anilines is 1. The van der Waals surface area contributed by atoms with Gasteiger partial charge in [-0.05, 0) is 29.8 Å². The lowest BCUT2D eigenvalue weighted by Crippen LogP contribution is -2.08. The van der Waals surface area contributed by atoms with E-state index >= 15 is 0 Å². The third-order valence-corrected chi connectivity index (χ3v) is 3.64. The Bertz CT molecular complexity index is 546. The Morgan fingerprint density at radius 3 is 2.59 bits per heavy atom. The predicted molar refractivity (Wildman–Crippen MR) is 72.6 cm³/mol. The van der Waals surface area contributed by atoms with Gasteiger partial charge in [-0.25, -0.2) is 0 Å². The first-order valence-corrected chi connectivity index (χ1v) is 6.07. The van der Waals surface area contributed by atoms with Gasteiger partial charge in [0.25, 0.3) is 5.91 Å². The van der Waals surface area contributed by atoms with Crippen molar-refractivity contribution in [2.24, 2.45) is 5.73 Å². The fourth-order valence-corrected chi connectivity index (χ4v) is 2.42. The number of primary amides is 1. The largest absolute Gasteiger partial charge is 0.378 e. The van der Waals surface area contributed by atoms with Crippen LogP contribution in [0.4, 0.5) is 5.69 Å². The molecule has 1 aromatic heterocycles.